The van der Waals surface area contributed by atoms with Crippen LogP contribution in [0.15, 0.2) is 12.1 Å². The third kappa shape index (κ3) is 2.65. The van der Waals surface area contributed by atoms with Gasteiger partial charge in [-0.15, -0.1) is 0 Å². The summed E-state index contributed by atoms with van der Waals surface area (Å²) in [5, 5.41) is 3.43. The van der Waals surface area contributed by atoms with Crippen LogP contribution in [0.5, 0.6) is 11.5 Å². The molecule has 2 unspecified atom stereocenters. The number of hydrogen-bond donors (Lipinski definition) is 1. The molecule has 5 heteroatoms. The summed E-state index contributed by atoms with van der Waals surface area (Å²) in [5.41, 5.74) is 1.56. The van der Waals surface area contributed by atoms with E-state index in [0.717, 1.165) is 44.1 Å². The van der Waals surface area contributed by atoms with Gasteiger partial charge in [-0.2, -0.15) is 0 Å². The van der Waals surface area contributed by atoms with E-state index in [1.54, 1.807) is 14.2 Å². The fourth-order valence-corrected chi connectivity index (χ4v) is 3.61. The zero-order valence-corrected chi connectivity index (χ0v) is 13.5. The summed E-state index contributed by atoms with van der Waals surface area (Å²) in [5.74, 6) is 2.78. The van der Waals surface area contributed by atoms with Crippen molar-refractivity contribution in [2.75, 3.05) is 40.4 Å². The Kier molecular flexibility index (Phi) is 4.25. The van der Waals surface area contributed by atoms with Gasteiger partial charge in [-0.05, 0) is 50.4 Å². The molecule has 0 aromatic heterocycles. The number of ether oxygens (including phenoxy) is 2. The molecule has 5 nitrogen and oxygen atoms in total. The van der Waals surface area contributed by atoms with Crippen molar-refractivity contribution in [2.45, 2.75) is 13.3 Å². The number of rotatable bonds is 3. The Morgan fingerprint density at radius 2 is 1.82 bits per heavy atom. The van der Waals surface area contributed by atoms with E-state index in [1.165, 1.54) is 0 Å². The predicted molar refractivity (Wildman–Crippen MR) is 84.7 cm³/mol. The van der Waals surface area contributed by atoms with Crippen LogP contribution in [0.1, 0.15) is 22.3 Å². The highest BCUT2D eigenvalue weighted by atomic mass is 16.5. The number of hydrogen-bond acceptors (Lipinski definition) is 4. The topological polar surface area (TPSA) is 50.8 Å². The minimum Gasteiger partial charge on any atom is -0.496 e. The number of nitrogens with one attached hydrogen (secondary N) is 1. The fraction of sp³-hybridized carbons (Fsp3) is 0.588. The van der Waals surface area contributed by atoms with Crippen LogP contribution in [0.2, 0.25) is 0 Å². The summed E-state index contributed by atoms with van der Waals surface area (Å²) in [6.45, 7) is 5.73. The molecular formula is C17H24N2O3. The zero-order chi connectivity index (χ0) is 15.7. The van der Waals surface area contributed by atoms with Gasteiger partial charge < -0.3 is 19.7 Å². The molecule has 2 aliphatic rings. The minimum absolute atomic E-state index is 0.0713. The summed E-state index contributed by atoms with van der Waals surface area (Å²) in [4.78, 5) is 14.8. The number of carbonyl (C=O) groups is 1. The number of piperidine rings is 1. The van der Waals surface area contributed by atoms with Gasteiger partial charge >= 0.3 is 0 Å². The van der Waals surface area contributed by atoms with Gasteiger partial charge in [-0.25, -0.2) is 0 Å². The Bertz CT molecular complexity index is 548. The summed E-state index contributed by atoms with van der Waals surface area (Å²) < 4.78 is 10.7. The van der Waals surface area contributed by atoms with Crippen LogP contribution in [0.4, 0.5) is 0 Å². The minimum atomic E-state index is 0.0713. The molecule has 0 aliphatic carbocycles. The third-order valence-corrected chi connectivity index (χ3v) is 4.99. The van der Waals surface area contributed by atoms with Crippen molar-refractivity contribution in [3.8, 4) is 11.5 Å². The summed E-state index contributed by atoms with van der Waals surface area (Å²) in [7, 11) is 3.23. The van der Waals surface area contributed by atoms with Gasteiger partial charge in [0, 0.05) is 24.2 Å². The normalized spacial score (nSPS) is 24.0. The van der Waals surface area contributed by atoms with Crippen molar-refractivity contribution in [3.05, 3.63) is 23.3 Å². The van der Waals surface area contributed by atoms with Gasteiger partial charge in [0.25, 0.3) is 5.91 Å². The smallest absolute Gasteiger partial charge is 0.254 e. The highest BCUT2D eigenvalue weighted by molar-refractivity contribution is 5.95. The van der Waals surface area contributed by atoms with E-state index in [2.05, 4.69) is 5.32 Å². The molecule has 2 aliphatic heterocycles. The van der Waals surface area contributed by atoms with Gasteiger partial charge in [-0.3, -0.25) is 4.79 Å². The number of amides is 1. The van der Waals surface area contributed by atoms with Gasteiger partial charge in [0.2, 0.25) is 0 Å². The van der Waals surface area contributed by atoms with Gasteiger partial charge in [-0.1, -0.05) is 0 Å². The number of nitrogens with zero attached hydrogens (tertiary/aromatic N) is 1. The standard InChI is InChI=1S/C17H24N2O3/c1-11-15(21-2)6-13(7-16(11)22-3)17(20)19-5-4-12-8-18-9-14(12)10-19/h6-7,12,14,18H,4-5,8-10H2,1-3H3. The average molecular weight is 304 g/mol. The number of fused-ring (bicyclic) bond motifs is 1. The van der Waals surface area contributed by atoms with Crippen LogP contribution in [0, 0.1) is 18.8 Å². The van der Waals surface area contributed by atoms with E-state index in [9.17, 15) is 4.79 Å². The van der Waals surface area contributed by atoms with Crippen LogP contribution < -0.4 is 14.8 Å². The van der Waals surface area contributed by atoms with Crippen molar-refractivity contribution >= 4 is 5.91 Å². The molecular weight excluding hydrogens is 280 g/mol. The molecule has 22 heavy (non-hydrogen) atoms. The zero-order valence-electron chi connectivity index (χ0n) is 13.5. The molecule has 2 heterocycles. The molecule has 2 fully saturated rings. The van der Waals surface area contributed by atoms with Crippen molar-refractivity contribution in [1.29, 1.82) is 0 Å². The lowest BCUT2D eigenvalue weighted by Crippen LogP contribution is -2.43. The van der Waals surface area contributed by atoms with Crippen LogP contribution in [-0.2, 0) is 0 Å². The van der Waals surface area contributed by atoms with Crippen LogP contribution in [0.3, 0.4) is 0 Å². The molecule has 1 aromatic rings. The quantitative estimate of drug-likeness (QED) is 0.923. The first kappa shape index (κ1) is 15.2. The Morgan fingerprint density at radius 3 is 2.45 bits per heavy atom. The molecule has 120 valence electrons. The lowest BCUT2D eigenvalue weighted by Gasteiger charge is -2.34. The lowest BCUT2D eigenvalue weighted by atomic mass is 9.88. The Morgan fingerprint density at radius 1 is 1.18 bits per heavy atom. The van der Waals surface area contributed by atoms with Crippen molar-refractivity contribution in [2.24, 2.45) is 11.8 Å². The van der Waals surface area contributed by atoms with Crippen LogP contribution in [0.25, 0.3) is 0 Å². The molecule has 1 amide bonds. The maximum Gasteiger partial charge on any atom is 0.254 e. The molecule has 2 atom stereocenters. The van der Waals surface area contributed by atoms with E-state index in [0.29, 0.717) is 23.0 Å². The van der Waals surface area contributed by atoms with Crippen molar-refractivity contribution in [3.63, 3.8) is 0 Å². The van der Waals surface area contributed by atoms with E-state index in [1.807, 2.05) is 24.0 Å². The second-order valence-corrected chi connectivity index (χ2v) is 6.22. The first-order valence-electron chi connectivity index (χ1n) is 7.86. The second kappa shape index (κ2) is 6.16. The number of methoxy groups -OCH3 is 2. The molecule has 2 saturated heterocycles. The summed E-state index contributed by atoms with van der Waals surface area (Å²) in [6, 6.07) is 3.64. The molecule has 1 aromatic carbocycles. The van der Waals surface area contributed by atoms with Gasteiger partial charge in [0.1, 0.15) is 11.5 Å². The average Bonchev–Trinajstić information content (AvgIpc) is 3.02. The molecule has 0 radical (unpaired) electrons. The number of likely N-dealkylation sites (tertiary alicyclic amines) is 1. The van der Waals surface area contributed by atoms with E-state index < -0.39 is 0 Å². The SMILES string of the molecule is COc1cc(C(=O)N2CCC3CNCC3C2)cc(OC)c1C. The number of benzene rings is 1. The molecule has 1 N–H and O–H groups in total. The highest BCUT2D eigenvalue weighted by Crippen LogP contribution is 2.32. The highest BCUT2D eigenvalue weighted by Gasteiger charge is 2.34. The first-order chi connectivity index (χ1) is 10.6. The van der Waals surface area contributed by atoms with Crippen molar-refractivity contribution < 1.29 is 14.3 Å². The van der Waals surface area contributed by atoms with Crippen molar-refractivity contribution in [1.82, 2.24) is 10.2 Å². The maximum atomic E-state index is 12.8. The molecule has 0 bridgehead atoms. The predicted octanol–water partition coefficient (Wildman–Crippen LogP) is 1.69. The molecule has 0 spiro atoms. The van der Waals surface area contributed by atoms with E-state index >= 15 is 0 Å². The Labute approximate surface area is 131 Å². The Balaban J connectivity index is 1.82. The van der Waals surface area contributed by atoms with Gasteiger partial charge in [0.15, 0.2) is 0 Å². The molecule has 0 saturated carbocycles. The van der Waals surface area contributed by atoms with Crippen LogP contribution >= 0.6 is 0 Å². The van der Waals surface area contributed by atoms with E-state index in [4.69, 9.17) is 9.47 Å². The third-order valence-electron chi connectivity index (χ3n) is 4.99. The van der Waals surface area contributed by atoms with Gasteiger partial charge in [0.05, 0.1) is 14.2 Å². The molecule has 3 rings (SSSR count). The largest absolute Gasteiger partial charge is 0.496 e. The maximum absolute atomic E-state index is 12.8. The summed E-state index contributed by atoms with van der Waals surface area (Å²) in [6.07, 6.45) is 1.09. The van der Waals surface area contributed by atoms with E-state index in [-0.39, 0.29) is 5.91 Å². The second-order valence-electron chi connectivity index (χ2n) is 6.22. The monoisotopic (exact) mass is 304 g/mol. The lowest BCUT2D eigenvalue weighted by molar-refractivity contribution is 0.0642. The first-order valence-corrected chi connectivity index (χ1v) is 7.86. The number of carbonyl (C=O) groups excluding carboxylic acids is 1. The fourth-order valence-electron chi connectivity index (χ4n) is 3.61. The van der Waals surface area contributed by atoms with Crippen LogP contribution in [-0.4, -0.2) is 51.2 Å². The summed E-state index contributed by atoms with van der Waals surface area (Å²) >= 11 is 0. The Hall–Kier alpha value is -1.75.